The van der Waals surface area contributed by atoms with Gasteiger partial charge in [-0.3, -0.25) is 19.3 Å². The summed E-state index contributed by atoms with van der Waals surface area (Å²) < 4.78 is 0. The van der Waals surface area contributed by atoms with Crippen LogP contribution in [0.5, 0.6) is 0 Å². The van der Waals surface area contributed by atoms with Crippen molar-refractivity contribution >= 4 is 57.9 Å². The van der Waals surface area contributed by atoms with Gasteiger partial charge in [0, 0.05) is 29.1 Å². The van der Waals surface area contributed by atoms with E-state index in [1.807, 2.05) is 19.9 Å². The number of rotatable bonds is 11. The highest BCUT2D eigenvalue weighted by atomic mass is 35.5. The lowest BCUT2D eigenvalue weighted by molar-refractivity contribution is -0.139. The molecule has 0 radical (unpaired) electrons. The molecule has 2 aromatic carbocycles. The molecule has 1 aliphatic carbocycles. The van der Waals surface area contributed by atoms with Gasteiger partial charge in [0.1, 0.15) is 17.6 Å². The quantitative estimate of drug-likeness (QED) is 0.198. The molecule has 236 valence electrons. The summed E-state index contributed by atoms with van der Waals surface area (Å²) in [5.74, 6) is -2.57. The van der Waals surface area contributed by atoms with Crippen LogP contribution in [0.3, 0.4) is 0 Å². The van der Waals surface area contributed by atoms with Crippen LogP contribution in [0.2, 0.25) is 10.0 Å². The fourth-order valence-electron chi connectivity index (χ4n) is 5.98. The molecule has 0 unspecified atom stereocenters. The van der Waals surface area contributed by atoms with Gasteiger partial charge >= 0.3 is 6.09 Å². The number of aryl methyl sites for hydroxylation is 1. The predicted octanol–water partition coefficient (Wildman–Crippen LogP) is 5.04. The number of carboxylic acid groups (broad SMARTS) is 1. The van der Waals surface area contributed by atoms with Gasteiger partial charge in [-0.15, -0.1) is 0 Å². The fraction of sp³-hybridized carbons (Fsp3) is 0.438. The zero-order chi connectivity index (χ0) is 32.3. The topological polar surface area (TPSA) is 158 Å². The number of primary amides is 1. The van der Waals surface area contributed by atoms with Crippen LogP contribution in [0, 0.1) is 11.8 Å². The Labute approximate surface area is 266 Å². The molecule has 0 bridgehead atoms. The van der Waals surface area contributed by atoms with E-state index in [0.717, 1.165) is 21.7 Å². The first-order valence-corrected chi connectivity index (χ1v) is 15.5. The highest BCUT2D eigenvalue weighted by Crippen LogP contribution is 2.38. The molecule has 1 aromatic heterocycles. The van der Waals surface area contributed by atoms with E-state index in [4.69, 9.17) is 28.9 Å². The zero-order valence-electron chi connectivity index (χ0n) is 25.2. The molecule has 44 heavy (non-hydrogen) atoms. The standard InChI is InChI=1S/C32H39Cl2N5O5/c1-5-18(4)27(39(31(43)44)16-19-9-7-6-8-10-19)29(41)38-32(30(42)37-25(17(2)3)28(35)40)12-11-24-22(15-32)21-13-20(33)14-23(34)26(21)36-24/h6-10,13-14,17-18,25,27,36H,5,11-12,15-16H2,1-4H3,(H2,35,40)(H,37,42)(H,38,41)(H,43,44)/t18-,25-,27-,32+/m0/s1. The number of hydrogen-bond acceptors (Lipinski definition) is 4. The van der Waals surface area contributed by atoms with Gasteiger partial charge in [-0.1, -0.05) is 87.6 Å². The smallest absolute Gasteiger partial charge is 0.408 e. The Morgan fingerprint density at radius 3 is 2.39 bits per heavy atom. The minimum atomic E-state index is -1.53. The minimum absolute atomic E-state index is 0.0154. The third-order valence-corrected chi connectivity index (χ3v) is 9.10. The van der Waals surface area contributed by atoms with Crippen molar-refractivity contribution < 1.29 is 24.3 Å². The number of amides is 4. The van der Waals surface area contributed by atoms with E-state index in [0.29, 0.717) is 33.8 Å². The second kappa shape index (κ2) is 13.5. The van der Waals surface area contributed by atoms with Crippen LogP contribution in [0.4, 0.5) is 4.79 Å². The lowest BCUT2D eigenvalue weighted by Gasteiger charge is -2.41. The van der Waals surface area contributed by atoms with Crippen LogP contribution in [0.15, 0.2) is 42.5 Å². The number of aromatic amines is 1. The molecule has 0 saturated carbocycles. The number of carbonyl (C=O) groups excluding carboxylic acids is 3. The number of carbonyl (C=O) groups is 4. The number of hydrogen-bond donors (Lipinski definition) is 5. The van der Waals surface area contributed by atoms with E-state index in [1.165, 1.54) is 0 Å². The third-order valence-electron chi connectivity index (χ3n) is 8.59. The molecule has 4 atom stereocenters. The number of H-pyrrole nitrogens is 1. The molecule has 4 rings (SSSR count). The first-order valence-electron chi connectivity index (χ1n) is 14.7. The summed E-state index contributed by atoms with van der Waals surface area (Å²) in [5.41, 5.74) is 7.10. The second-order valence-corrected chi connectivity index (χ2v) is 12.8. The molecule has 3 aromatic rings. The maximum absolute atomic E-state index is 14.3. The first kappa shape index (κ1) is 33.1. The molecule has 0 spiro atoms. The summed E-state index contributed by atoms with van der Waals surface area (Å²) >= 11 is 12.8. The fourth-order valence-corrected chi connectivity index (χ4v) is 6.52. The number of nitrogens with one attached hydrogen (secondary N) is 3. The van der Waals surface area contributed by atoms with Crippen molar-refractivity contribution in [3.63, 3.8) is 0 Å². The van der Waals surface area contributed by atoms with Crippen LogP contribution < -0.4 is 16.4 Å². The predicted molar refractivity (Wildman–Crippen MR) is 170 cm³/mol. The molecule has 12 heteroatoms. The summed E-state index contributed by atoms with van der Waals surface area (Å²) in [5, 5.41) is 17.6. The second-order valence-electron chi connectivity index (χ2n) is 12.0. The highest BCUT2D eigenvalue weighted by Gasteiger charge is 2.47. The highest BCUT2D eigenvalue weighted by molar-refractivity contribution is 6.38. The first-order chi connectivity index (χ1) is 20.8. The van der Waals surface area contributed by atoms with Crippen LogP contribution in [-0.2, 0) is 33.8 Å². The molecular formula is C32H39Cl2N5O5. The Morgan fingerprint density at radius 1 is 1.11 bits per heavy atom. The Bertz CT molecular complexity index is 1560. The van der Waals surface area contributed by atoms with Crippen molar-refractivity contribution in [1.82, 2.24) is 20.5 Å². The number of benzene rings is 2. The molecule has 1 heterocycles. The van der Waals surface area contributed by atoms with Gasteiger partial charge in [0.15, 0.2) is 0 Å². The lowest BCUT2D eigenvalue weighted by atomic mass is 9.78. The maximum atomic E-state index is 14.3. The van der Waals surface area contributed by atoms with Crippen LogP contribution >= 0.6 is 23.2 Å². The molecule has 4 amide bonds. The number of fused-ring (bicyclic) bond motifs is 3. The van der Waals surface area contributed by atoms with Crippen molar-refractivity contribution in [1.29, 1.82) is 0 Å². The van der Waals surface area contributed by atoms with Gasteiger partial charge < -0.3 is 26.5 Å². The molecule has 6 N–H and O–H groups in total. The lowest BCUT2D eigenvalue weighted by Crippen LogP contribution is -2.67. The van der Waals surface area contributed by atoms with Crippen molar-refractivity contribution in [2.24, 2.45) is 17.6 Å². The van der Waals surface area contributed by atoms with Crippen molar-refractivity contribution in [2.75, 3.05) is 0 Å². The van der Waals surface area contributed by atoms with E-state index in [2.05, 4.69) is 15.6 Å². The number of nitrogens with zero attached hydrogens (tertiary/aromatic N) is 1. The van der Waals surface area contributed by atoms with Gasteiger partial charge in [-0.05, 0) is 47.9 Å². The SMILES string of the molecule is CC[C@H](C)[C@@H](C(=O)N[C@]1(C(=O)N[C@H](C(N)=O)C(C)C)CCc2[nH]c3c(Cl)cc(Cl)cc3c2C1)N(Cc1ccccc1)C(=O)O. The van der Waals surface area contributed by atoms with E-state index in [-0.39, 0.29) is 31.2 Å². The summed E-state index contributed by atoms with van der Waals surface area (Å²) in [6.45, 7) is 7.19. The van der Waals surface area contributed by atoms with Crippen molar-refractivity contribution in [3.05, 3.63) is 69.3 Å². The van der Waals surface area contributed by atoms with E-state index < -0.39 is 41.4 Å². The summed E-state index contributed by atoms with van der Waals surface area (Å²) in [6.07, 6.45) is -0.142. The summed E-state index contributed by atoms with van der Waals surface area (Å²) in [4.78, 5) is 57.8. The monoisotopic (exact) mass is 643 g/mol. The molecular weight excluding hydrogens is 605 g/mol. The third kappa shape index (κ3) is 6.81. The molecule has 0 fully saturated rings. The molecule has 10 nitrogen and oxygen atoms in total. The van der Waals surface area contributed by atoms with E-state index in [9.17, 15) is 24.3 Å². The van der Waals surface area contributed by atoms with Crippen LogP contribution in [0.1, 0.15) is 57.4 Å². The van der Waals surface area contributed by atoms with E-state index >= 15 is 0 Å². The average molecular weight is 645 g/mol. The Hall–Kier alpha value is -3.76. The van der Waals surface area contributed by atoms with Gasteiger partial charge in [0.2, 0.25) is 17.7 Å². The zero-order valence-corrected chi connectivity index (χ0v) is 26.8. The Morgan fingerprint density at radius 2 is 1.80 bits per heavy atom. The summed E-state index contributed by atoms with van der Waals surface area (Å²) in [7, 11) is 0. The molecule has 0 saturated heterocycles. The Balaban J connectivity index is 1.78. The van der Waals surface area contributed by atoms with Gasteiger partial charge in [0.25, 0.3) is 0 Å². The normalized spacial score (nSPS) is 18.2. The number of halogens is 2. The minimum Gasteiger partial charge on any atom is -0.465 e. The molecule has 1 aliphatic rings. The van der Waals surface area contributed by atoms with Crippen molar-refractivity contribution in [2.45, 2.75) is 77.5 Å². The number of aromatic nitrogens is 1. The van der Waals surface area contributed by atoms with Crippen LogP contribution in [0.25, 0.3) is 10.9 Å². The maximum Gasteiger partial charge on any atom is 0.408 e. The number of nitrogens with two attached hydrogens (primary N) is 1. The summed E-state index contributed by atoms with van der Waals surface area (Å²) in [6, 6.07) is 10.3. The van der Waals surface area contributed by atoms with Crippen LogP contribution in [-0.4, -0.2) is 56.4 Å². The van der Waals surface area contributed by atoms with Gasteiger partial charge in [-0.25, -0.2) is 4.79 Å². The van der Waals surface area contributed by atoms with Crippen molar-refractivity contribution in [3.8, 4) is 0 Å². The van der Waals surface area contributed by atoms with Gasteiger partial charge in [-0.2, -0.15) is 0 Å². The largest absolute Gasteiger partial charge is 0.465 e. The van der Waals surface area contributed by atoms with E-state index in [1.54, 1.807) is 50.2 Å². The Kier molecular flexibility index (Phi) is 10.2. The van der Waals surface area contributed by atoms with Gasteiger partial charge in [0.05, 0.1) is 10.5 Å². The average Bonchev–Trinajstić information content (AvgIpc) is 3.33. The molecule has 0 aliphatic heterocycles.